The van der Waals surface area contributed by atoms with E-state index in [2.05, 4.69) is 47.1 Å². The normalized spacial score (nSPS) is 11.6. The van der Waals surface area contributed by atoms with Crippen LogP contribution in [-0.2, 0) is 14.8 Å². The number of nitrogens with one attached hydrogen (secondary N) is 1. The second-order valence-corrected chi connectivity index (χ2v) is 11.9. The molecule has 0 bridgehead atoms. The second-order valence-electron chi connectivity index (χ2n) is 9.17. The number of nitrogens with zero attached hydrogens (tertiary/aromatic N) is 3. The Morgan fingerprint density at radius 3 is 2.36 bits per heavy atom. The Kier molecular flexibility index (Phi) is 8.49. The van der Waals surface area contributed by atoms with Gasteiger partial charge >= 0.3 is 0 Å². The molecule has 0 aliphatic heterocycles. The van der Waals surface area contributed by atoms with Crippen molar-refractivity contribution >= 4 is 51.0 Å². The molecule has 1 heterocycles. The Balaban J connectivity index is 1.58. The van der Waals surface area contributed by atoms with E-state index in [0.717, 1.165) is 32.5 Å². The predicted molar refractivity (Wildman–Crippen MR) is 158 cm³/mol. The Hall–Kier alpha value is -3.59. The predicted octanol–water partition coefficient (Wildman–Crippen LogP) is 6.36. The molecule has 0 aliphatic carbocycles. The smallest absolute Gasteiger partial charge is 0.264 e. The number of sulfonamides is 1. The summed E-state index contributed by atoms with van der Waals surface area (Å²) in [6.45, 7) is 7.56. The number of carbonyl (C=O) groups excluding carboxylic acids is 1. The maximum Gasteiger partial charge on any atom is 0.264 e. The van der Waals surface area contributed by atoms with Crippen LogP contribution in [-0.4, -0.2) is 31.7 Å². The van der Waals surface area contributed by atoms with Gasteiger partial charge in [0.1, 0.15) is 6.54 Å². The summed E-state index contributed by atoms with van der Waals surface area (Å²) in [6.07, 6.45) is 1.55. The zero-order valence-electron chi connectivity index (χ0n) is 21.9. The van der Waals surface area contributed by atoms with Gasteiger partial charge in [-0.3, -0.25) is 9.10 Å². The molecule has 1 aromatic heterocycles. The molecule has 1 amide bonds. The Morgan fingerprint density at radius 1 is 0.974 bits per heavy atom. The molecule has 202 valence electrons. The summed E-state index contributed by atoms with van der Waals surface area (Å²) in [5, 5.41) is 4.55. The first-order valence-electron chi connectivity index (χ1n) is 12.1. The minimum absolute atomic E-state index is 0.0196. The highest BCUT2D eigenvalue weighted by atomic mass is 35.5. The van der Waals surface area contributed by atoms with Gasteiger partial charge in [0.25, 0.3) is 15.9 Å². The summed E-state index contributed by atoms with van der Waals surface area (Å²) in [7, 11) is -4.12. The molecule has 10 heteroatoms. The molecule has 0 saturated carbocycles. The summed E-state index contributed by atoms with van der Waals surface area (Å²) in [6, 6.07) is 20.5. The van der Waals surface area contributed by atoms with Crippen molar-refractivity contribution in [2.75, 3.05) is 10.8 Å². The van der Waals surface area contributed by atoms with Gasteiger partial charge in [-0.2, -0.15) is 5.10 Å². The third kappa shape index (κ3) is 6.19. The molecular weight excluding hydrogens is 555 g/mol. The topological polar surface area (TPSA) is 83.8 Å². The maximum absolute atomic E-state index is 13.5. The fourth-order valence-corrected chi connectivity index (χ4v) is 6.41. The van der Waals surface area contributed by atoms with Crippen LogP contribution in [0.4, 0.5) is 5.69 Å². The van der Waals surface area contributed by atoms with Crippen LogP contribution < -0.4 is 9.73 Å². The number of halogens is 2. The van der Waals surface area contributed by atoms with Crippen molar-refractivity contribution in [1.29, 1.82) is 0 Å². The number of hydrazone groups is 1. The summed E-state index contributed by atoms with van der Waals surface area (Å²) in [5.41, 5.74) is 8.77. The number of hydrogen-bond acceptors (Lipinski definition) is 4. The molecule has 1 N–H and O–H groups in total. The first-order valence-corrected chi connectivity index (χ1v) is 14.3. The third-order valence-electron chi connectivity index (χ3n) is 6.25. The minimum Gasteiger partial charge on any atom is -0.318 e. The molecule has 4 aromatic rings. The quantitative estimate of drug-likeness (QED) is 0.194. The average molecular weight is 584 g/mol. The molecule has 0 spiro atoms. The molecule has 3 aromatic carbocycles. The van der Waals surface area contributed by atoms with Crippen molar-refractivity contribution in [3.8, 4) is 5.69 Å². The van der Waals surface area contributed by atoms with Crippen molar-refractivity contribution in [2.45, 2.75) is 32.6 Å². The highest BCUT2D eigenvalue weighted by Crippen LogP contribution is 2.32. The second kappa shape index (κ2) is 11.7. The Bertz CT molecular complexity index is 1670. The van der Waals surface area contributed by atoms with Gasteiger partial charge in [0.15, 0.2) is 0 Å². The van der Waals surface area contributed by atoms with Crippen molar-refractivity contribution < 1.29 is 13.2 Å². The number of aromatic nitrogens is 1. The molecule has 0 atom stereocenters. The lowest BCUT2D eigenvalue weighted by atomic mass is 10.1. The van der Waals surface area contributed by atoms with Gasteiger partial charge in [0.2, 0.25) is 0 Å². The van der Waals surface area contributed by atoms with Crippen LogP contribution >= 0.6 is 23.2 Å². The Labute approximate surface area is 238 Å². The van der Waals surface area contributed by atoms with Gasteiger partial charge in [-0.05, 0) is 75.7 Å². The molecular formula is C29H28Cl2N4O3S. The number of hydrogen-bond donors (Lipinski definition) is 1. The maximum atomic E-state index is 13.5. The first-order chi connectivity index (χ1) is 18.5. The molecule has 0 unspecified atom stereocenters. The highest BCUT2D eigenvalue weighted by Gasteiger charge is 2.28. The molecule has 39 heavy (non-hydrogen) atoms. The molecule has 7 nitrogen and oxygen atoms in total. The van der Waals surface area contributed by atoms with Crippen molar-refractivity contribution in [3.05, 3.63) is 111 Å². The largest absolute Gasteiger partial charge is 0.318 e. The van der Waals surface area contributed by atoms with E-state index >= 15 is 0 Å². The summed E-state index contributed by atoms with van der Waals surface area (Å²) >= 11 is 12.3. The van der Waals surface area contributed by atoms with E-state index < -0.39 is 22.5 Å². The van der Waals surface area contributed by atoms with E-state index in [1.165, 1.54) is 35.9 Å². The number of anilines is 1. The molecule has 0 saturated heterocycles. The molecule has 4 rings (SSSR count). The minimum atomic E-state index is -4.12. The first kappa shape index (κ1) is 28.4. The van der Waals surface area contributed by atoms with E-state index in [0.29, 0.717) is 5.02 Å². The molecule has 0 fully saturated rings. The lowest BCUT2D eigenvalue weighted by molar-refractivity contribution is -0.119. The lowest BCUT2D eigenvalue weighted by Crippen LogP contribution is -2.39. The monoisotopic (exact) mass is 582 g/mol. The fourth-order valence-electron chi connectivity index (χ4n) is 4.39. The van der Waals surface area contributed by atoms with Crippen LogP contribution in [0.15, 0.2) is 82.8 Å². The number of rotatable bonds is 8. The number of aryl methyl sites for hydroxylation is 3. The SMILES string of the molecule is Cc1ccc(-n2c(C)cc(/C=N\NC(=O)CN(c3ccc(Cl)cc3Cl)S(=O)(=O)c3ccccc3)c2C)c(C)c1. The molecule has 0 aliphatic rings. The van der Waals surface area contributed by atoms with E-state index in [-0.39, 0.29) is 15.6 Å². The van der Waals surface area contributed by atoms with E-state index in [1.807, 2.05) is 19.9 Å². The fraction of sp³-hybridized carbons (Fsp3) is 0.172. The number of benzene rings is 3. The molecule has 0 radical (unpaired) electrons. The summed E-state index contributed by atoms with van der Waals surface area (Å²) < 4.78 is 30.0. The standard InChI is InChI=1S/C29H28Cl2N4O3S/c1-19-10-12-27(20(2)14-19)35-21(3)15-23(22(35)4)17-32-33-29(36)18-34(28-13-11-24(30)16-26(28)31)39(37,38)25-8-6-5-7-9-25/h5-17H,18H2,1-4H3,(H,33,36)/b32-17-. The van der Waals surface area contributed by atoms with Gasteiger partial charge in [-0.1, -0.05) is 59.1 Å². The van der Waals surface area contributed by atoms with Crippen LogP contribution in [0.3, 0.4) is 0 Å². The van der Waals surface area contributed by atoms with Crippen molar-refractivity contribution in [2.24, 2.45) is 5.10 Å². The number of carbonyl (C=O) groups is 1. The van der Waals surface area contributed by atoms with Crippen LogP contribution in [0.5, 0.6) is 0 Å². The van der Waals surface area contributed by atoms with E-state index in [1.54, 1.807) is 24.4 Å². The zero-order valence-corrected chi connectivity index (χ0v) is 24.3. The van der Waals surface area contributed by atoms with E-state index in [9.17, 15) is 13.2 Å². The lowest BCUT2D eigenvalue weighted by Gasteiger charge is -2.24. The zero-order chi connectivity index (χ0) is 28.3. The van der Waals surface area contributed by atoms with Crippen molar-refractivity contribution in [3.63, 3.8) is 0 Å². The highest BCUT2D eigenvalue weighted by molar-refractivity contribution is 7.92. The van der Waals surface area contributed by atoms with Crippen LogP contribution in [0.25, 0.3) is 5.69 Å². The summed E-state index contributed by atoms with van der Waals surface area (Å²) in [5.74, 6) is -0.639. The van der Waals surface area contributed by atoms with Gasteiger partial charge in [-0.15, -0.1) is 0 Å². The van der Waals surface area contributed by atoms with Gasteiger partial charge < -0.3 is 4.57 Å². The number of amides is 1. The van der Waals surface area contributed by atoms with Crippen LogP contribution in [0.2, 0.25) is 10.0 Å². The van der Waals surface area contributed by atoms with E-state index in [4.69, 9.17) is 23.2 Å². The van der Waals surface area contributed by atoms with Crippen LogP contribution in [0, 0.1) is 27.7 Å². The average Bonchev–Trinajstić information content (AvgIpc) is 3.16. The van der Waals surface area contributed by atoms with Gasteiger partial charge in [-0.25, -0.2) is 13.8 Å². The summed E-state index contributed by atoms with van der Waals surface area (Å²) in [4.78, 5) is 12.9. The van der Waals surface area contributed by atoms with Gasteiger partial charge in [0.05, 0.1) is 21.8 Å². The Morgan fingerprint density at radius 2 is 1.69 bits per heavy atom. The van der Waals surface area contributed by atoms with Crippen molar-refractivity contribution in [1.82, 2.24) is 9.99 Å². The van der Waals surface area contributed by atoms with Crippen LogP contribution in [0.1, 0.15) is 28.1 Å². The third-order valence-corrected chi connectivity index (χ3v) is 8.56. The van der Waals surface area contributed by atoms with Gasteiger partial charge in [0, 0.05) is 27.7 Å².